The van der Waals surface area contributed by atoms with Crippen molar-refractivity contribution in [1.29, 1.82) is 0 Å². The second kappa shape index (κ2) is 6.37. The predicted octanol–water partition coefficient (Wildman–Crippen LogP) is 2.67. The summed E-state index contributed by atoms with van der Waals surface area (Å²) in [5, 5.41) is 0. The zero-order chi connectivity index (χ0) is 15.6. The van der Waals surface area contributed by atoms with Crippen molar-refractivity contribution in [2.45, 2.75) is 65.3 Å². The van der Waals surface area contributed by atoms with Crippen molar-refractivity contribution in [3.8, 4) is 0 Å². The molecule has 2 rings (SSSR count). The minimum Gasteiger partial charge on any atom is -0.343 e. The highest BCUT2D eigenvalue weighted by Gasteiger charge is 2.34. The first-order chi connectivity index (χ1) is 9.80. The van der Waals surface area contributed by atoms with Crippen LogP contribution in [0.2, 0.25) is 0 Å². The van der Waals surface area contributed by atoms with Crippen molar-refractivity contribution in [2.24, 2.45) is 11.3 Å². The van der Waals surface area contributed by atoms with Crippen LogP contribution in [0.15, 0.2) is 0 Å². The zero-order valence-electron chi connectivity index (χ0n) is 14.0. The quantitative estimate of drug-likeness (QED) is 0.785. The molecule has 21 heavy (non-hydrogen) atoms. The third kappa shape index (κ3) is 3.78. The lowest BCUT2D eigenvalue weighted by Crippen LogP contribution is -2.48. The molecule has 0 unspecified atom stereocenters. The van der Waals surface area contributed by atoms with E-state index in [2.05, 4.69) is 0 Å². The van der Waals surface area contributed by atoms with Crippen LogP contribution in [0.5, 0.6) is 0 Å². The summed E-state index contributed by atoms with van der Waals surface area (Å²) in [5.41, 5.74) is -0.322. The highest BCUT2D eigenvalue weighted by atomic mass is 16.2. The van der Waals surface area contributed by atoms with Crippen molar-refractivity contribution in [2.75, 3.05) is 20.1 Å². The van der Waals surface area contributed by atoms with E-state index in [1.807, 2.05) is 37.6 Å². The van der Waals surface area contributed by atoms with Crippen LogP contribution in [-0.4, -0.2) is 47.8 Å². The maximum Gasteiger partial charge on any atom is 0.227 e. The molecule has 0 radical (unpaired) electrons. The number of likely N-dealkylation sites (tertiary alicyclic amines) is 1. The minimum atomic E-state index is -0.322. The molecular weight excluding hydrogens is 264 g/mol. The Kier molecular flexibility index (Phi) is 4.95. The molecular formula is C17H30N2O2. The van der Waals surface area contributed by atoms with E-state index in [1.54, 1.807) is 0 Å². The lowest BCUT2D eigenvalue weighted by Gasteiger charge is -2.37. The SMILES string of the molecule is CN(C(=O)C1CCN(C(=O)C(C)(C)C)CC1)C1CCCC1. The predicted molar refractivity (Wildman–Crippen MR) is 83.8 cm³/mol. The fourth-order valence-corrected chi connectivity index (χ4v) is 3.56. The van der Waals surface area contributed by atoms with E-state index in [0.717, 1.165) is 38.8 Å². The Morgan fingerprint density at radius 2 is 1.52 bits per heavy atom. The zero-order valence-corrected chi connectivity index (χ0v) is 14.0. The Bertz CT molecular complexity index is 386. The van der Waals surface area contributed by atoms with Gasteiger partial charge in [0.25, 0.3) is 0 Å². The Labute approximate surface area is 128 Å². The van der Waals surface area contributed by atoms with Crippen molar-refractivity contribution >= 4 is 11.8 Å². The first kappa shape index (κ1) is 16.3. The number of carbonyl (C=O) groups excluding carboxylic acids is 2. The molecule has 1 saturated carbocycles. The first-order valence-corrected chi connectivity index (χ1v) is 8.36. The Balaban J connectivity index is 1.86. The second-order valence-corrected chi connectivity index (χ2v) is 7.70. The summed E-state index contributed by atoms with van der Waals surface area (Å²) < 4.78 is 0. The molecule has 2 fully saturated rings. The van der Waals surface area contributed by atoms with Crippen LogP contribution in [0, 0.1) is 11.3 Å². The summed E-state index contributed by atoms with van der Waals surface area (Å²) in [7, 11) is 1.96. The van der Waals surface area contributed by atoms with E-state index in [0.29, 0.717) is 11.9 Å². The van der Waals surface area contributed by atoms with Gasteiger partial charge in [-0.05, 0) is 25.7 Å². The third-order valence-corrected chi connectivity index (χ3v) is 4.99. The number of hydrogen-bond acceptors (Lipinski definition) is 2. The van der Waals surface area contributed by atoms with Crippen LogP contribution >= 0.6 is 0 Å². The molecule has 1 heterocycles. The number of piperidine rings is 1. The number of amides is 2. The van der Waals surface area contributed by atoms with E-state index >= 15 is 0 Å². The van der Waals surface area contributed by atoms with E-state index in [-0.39, 0.29) is 17.2 Å². The monoisotopic (exact) mass is 294 g/mol. The van der Waals surface area contributed by atoms with Gasteiger partial charge in [0.05, 0.1) is 0 Å². The van der Waals surface area contributed by atoms with Gasteiger partial charge in [-0.1, -0.05) is 33.6 Å². The van der Waals surface area contributed by atoms with Gasteiger partial charge in [-0.2, -0.15) is 0 Å². The summed E-state index contributed by atoms with van der Waals surface area (Å²) in [5.74, 6) is 0.613. The van der Waals surface area contributed by atoms with E-state index in [1.165, 1.54) is 12.8 Å². The van der Waals surface area contributed by atoms with Gasteiger partial charge in [-0.3, -0.25) is 9.59 Å². The van der Waals surface area contributed by atoms with Gasteiger partial charge in [0, 0.05) is 37.5 Å². The molecule has 0 N–H and O–H groups in total. The highest BCUT2D eigenvalue weighted by Crippen LogP contribution is 2.28. The molecule has 4 heteroatoms. The molecule has 0 bridgehead atoms. The summed E-state index contributed by atoms with van der Waals surface area (Å²) in [6, 6.07) is 0.451. The standard InChI is InChI=1S/C17H30N2O2/c1-17(2,3)16(21)19-11-9-13(10-12-19)15(20)18(4)14-7-5-6-8-14/h13-14H,5-12H2,1-4H3. The third-order valence-electron chi connectivity index (χ3n) is 4.99. The van der Waals surface area contributed by atoms with Crippen LogP contribution in [0.25, 0.3) is 0 Å². The largest absolute Gasteiger partial charge is 0.343 e. The van der Waals surface area contributed by atoms with Crippen molar-refractivity contribution in [3.63, 3.8) is 0 Å². The van der Waals surface area contributed by atoms with Gasteiger partial charge < -0.3 is 9.80 Å². The maximum absolute atomic E-state index is 12.6. The number of carbonyl (C=O) groups is 2. The molecule has 1 aliphatic heterocycles. The van der Waals surface area contributed by atoms with Gasteiger partial charge in [-0.25, -0.2) is 0 Å². The fourth-order valence-electron chi connectivity index (χ4n) is 3.56. The molecule has 2 amide bonds. The van der Waals surface area contributed by atoms with Crippen LogP contribution < -0.4 is 0 Å². The summed E-state index contributed by atoms with van der Waals surface area (Å²) in [6.45, 7) is 7.33. The highest BCUT2D eigenvalue weighted by molar-refractivity contribution is 5.82. The van der Waals surface area contributed by atoms with Crippen LogP contribution in [0.3, 0.4) is 0 Å². The van der Waals surface area contributed by atoms with E-state index in [9.17, 15) is 9.59 Å². The Morgan fingerprint density at radius 1 is 1.00 bits per heavy atom. The number of rotatable bonds is 2. The molecule has 4 nitrogen and oxygen atoms in total. The molecule has 1 aliphatic carbocycles. The van der Waals surface area contributed by atoms with Gasteiger partial charge >= 0.3 is 0 Å². The molecule has 2 aliphatic rings. The average Bonchev–Trinajstić information content (AvgIpc) is 2.98. The van der Waals surface area contributed by atoms with Gasteiger partial charge in [0.15, 0.2) is 0 Å². The lowest BCUT2D eigenvalue weighted by molar-refractivity contribution is -0.145. The Morgan fingerprint density at radius 3 is 2.00 bits per heavy atom. The van der Waals surface area contributed by atoms with Crippen molar-refractivity contribution < 1.29 is 9.59 Å². The molecule has 0 aromatic rings. The molecule has 120 valence electrons. The first-order valence-electron chi connectivity index (χ1n) is 8.36. The smallest absolute Gasteiger partial charge is 0.227 e. The topological polar surface area (TPSA) is 40.6 Å². The van der Waals surface area contributed by atoms with Crippen molar-refractivity contribution in [3.05, 3.63) is 0 Å². The molecule has 1 saturated heterocycles. The fraction of sp³-hybridized carbons (Fsp3) is 0.882. The average molecular weight is 294 g/mol. The molecule has 0 aromatic carbocycles. The number of hydrogen-bond donors (Lipinski definition) is 0. The summed E-state index contributed by atoms with van der Waals surface area (Å²) in [4.78, 5) is 28.8. The van der Waals surface area contributed by atoms with Crippen LogP contribution in [0.1, 0.15) is 59.3 Å². The summed E-state index contributed by atoms with van der Waals surface area (Å²) in [6.07, 6.45) is 6.45. The second-order valence-electron chi connectivity index (χ2n) is 7.70. The molecule has 0 spiro atoms. The van der Waals surface area contributed by atoms with Gasteiger partial charge in [0.2, 0.25) is 11.8 Å². The Hall–Kier alpha value is -1.06. The van der Waals surface area contributed by atoms with Gasteiger partial charge in [0.1, 0.15) is 0 Å². The number of nitrogens with zero attached hydrogens (tertiary/aromatic N) is 2. The van der Waals surface area contributed by atoms with E-state index in [4.69, 9.17) is 0 Å². The minimum absolute atomic E-state index is 0.111. The van der Waals surface area contributed by atoms with Gasteiger partial charge in [-0.15, -0.1) is 0 Å². The van der Waals surface area contributed by atoms with E-state index < -0.39 is 0 Å². The van der Waals surface area contributed by atoms with Crippen molar-refractivity contribution in [1.82, 2.24) is 9.80 Å². The molecule has 0 atom stereocenters. The maximum atomic E-state index is 12.6. The summed E-state index contributed by atoms with van der Waals surface area (Å²) >= 11 is 0. The molecule has 0 aromatic heterocycles. The van der Waals surface area contributed by atoms with Crippen LogP contribution in [0.4, 0.5) is 0 Å². The van der Waals surface area contributed by atoms with Crippen LogP contribution in [-0.2, 0) is 9.59 Å². The lowest BCUT2D eigenvalue weighted by atomic mass is 9.90. The normalized spacial score (nSPS) is 21.6.